The Morgan fingerprint density at radius 2 is 2.10 bits per heavy atom. The Morgan fingerprint density at radius 3 is 2.71 bits per heavy atom. The summed E-state index contributed by atoms with van der Waals surface area (Å²) in [6.07, 6.45) is 0. The molecule has 0 aliphatic carbocycles. The van der Waals surface area contributed by atoms with Crippen molar-refractivity contribution in [3.05, 3.63) is 51.2 Å². The molecule has 0 N–H and O–H groups in total. The molecule has 6 heteroatoms. The Hall–Kier alpha value is -0.486. The third kappa shape index (κ3) is 4.49. The van der Waals surface area contributed by atoms with Crippen LogP contribution in [-0.4, -0.2) is 18.5 Å². The zero-order chi connectivity index (χ0) is 14.5. The molecular formula is C15H15BrNO3Y-. The normalized spacial score (nSPS) is 10.0. The summed E-state index contributed by atoms with van der Waals surface area (Å²) in [6, 6.07) is 11.9. The molecule has 21 heavy (non-hydrogen) atoms. The fourth-order valence-corrected chi connectivity index (χ4v) is 2.46. The van der Waals surface area contributed by atoms with Gasteiger partial charge >= 0.3 is 0 Å². The number of hydrogen-bond donors (Lipinski definition) is 0. The molecule has 109 valence electrons. The van der Waals surface area contributed by atoms with E-state index in [2.05, 4.69) is 22.0 Å². The molecule has 2 aromatic rings. The van der Waals surface area contributed by atoms with E-state index < -0.39 is 0 Å². The number of methoxy groups -OCH3 is 1. The summed E-state index contributed by atoms with van der Waals surface area (Å²) in [7, 11) is 1.57. The number of nitrogens with zero attached hydrogens (tertiary/aromatic N) is 1. The van der Waals surface area contributed by atoms with Crippen LogP contribution >= 0.6 is 15.9 Å². The molecule has 1 aromatic heterocycles. The Morgan fingerprint density at radius 1 is 1.33 bits per heavy atom. The van der Waals surface area contributed by atoms with E-state index in [0.717, 1.165) is 15.7 Å². The first-order valence-electron chi connectivity index (χ1n) is 6.20. The minimum atomic E-state index is -0.0344. The minimum absolute atomic E-state index is 0. The van der Waals surface area contributed by atoms with E-state index in [0.29, 0.717) is 12.3 Å². The predicted molar refractivity (Wildman–Crippen MR) is 80.9 cm³/mol. The molecule has 0 spiro atoms. The number of rotatable bonds is 5. The summed E-state index contributed by atoms with van der Waals surface area (Å²) in [5, 5.41) is 0. The molecule has 0 aliphatic rings. The van der Waals surface area contributed by atoms with Gasteiger partial charge in [-0.15, -0.1) is 6.07 Å². The first-order valence-corrected chi connectivity index (χ1v) is 7.00. The molecule has 0 aliphatic heterocycles. The van der Waals surface area contributed by atoms with Crippen molar-refractivity contribution in [3.8, 4) is 17.0 Å². The molecule has 0 unspecified atom stereocenters. The van der Waals surface area contributed by atoms with Gasteiger partial charge < -0.3 is 14.0 Å². The van der Waals surface area contributed by atoms with Gasteiger partial charge in [-0.05, 0) is 23.5 Å². The SMILES string of the molecule is CCn1c(-c2ccc(OCOC)cc2Br)[c-]ccc1=O.[Y]. The van der Waals surface area contributed by atoms with Gasteiger partial charge in [-0.25, -0.2) is 0 Å². The van der Waals surface area contributed by atoms with Crippen LogP contribution in [0.25, 0.3) is 11.3 Å². The average molecular weight is 426 g/mol. The van der Waals surface area contributed by atoms with Crippen molar-refractivity contribution >= 4 is 15.9 Å². The second-order valence-corrected chi connectivity index (χ2v) is 4.96. The summed E-state index contributed by atoms with van der Waals surface area (Å²) in [5.41, 5.74) is 1.62. The van der Waals surface area contributed by atoms with Gasteiger partial charge in [0.25, 0.3) is 0 Å². The molecule has 4 nitrogen and oxygen atoms in total. The van der Waals surface area contributed by atoms with Gasteiger partial charge in [-0.2, -0.15) is 12.1 Å². The zero-order valence-corrected chi connectivity index (χ0v) is 16.4. The maximum Gasteiger partial charge on any atom is 0.194 e. The largest absolute Gasteiger partial charge is 0.468 e. The first kappa shape index (κ1) is 18.6. The zero-order valence-electron chi connectivity index (χ0n) is 11.9. The standard InChI is InChI=1S/C15H15BrNO3.Y/c1-3-17-14(5-4-6-15(17)18)12-8-7-11(9-13(12)16)20-10-19-2;/h4,6-9H,3,10H2,1-2H3;/q-1;. The summed E-state index contributed by atoms with van der Waals surface area (Å²) >= 11 is 3.51. The van der Waals surface area contributed by atoms with Crippen molar-refractivity contribution < 1.29 is 42.2 Å². The van der Waals surface area contributed by atoms with Crippen molar-refractivity contribution in [3.63, 3.8) is 0 Å². The number of hydrogen-bond acceptors (Lipinski definition) is 3. The van der Waals surface area contributed by atoms with Crippen molar-refractivity contribution in [2.75, 3.05) is 13.9 Å². The molecule has 0 bridgehead atoms. The smallest absolute Gasteiger partial charge is 0.194 e. The van der Waals surface area contributed by atoms with Gasteiger partial charge in [-0.3, -0.25) is 4.79 Å². The van der Waals surface area contributed by atoms with E-state index in [9.17, 15) is 4.79 Å². The van der Waals surface area contributed by atoms with Gasteiger partial charge in [0.1, 0.15) is 5.75 Å². The third-order valence-corrected chi connectivity index (χ3v) is 3.49. The Bertz CT molecular complexity index is 658. The Labute approximate surface area is 157 Å². The van der Waals surface area contributed by atoms with Gasteiger partial charge in [0.15, 0.2) is 12.4 Å². The third-order valence-electron chi connectivity index (χ3n) is 2.84. The first-order chi connectivity index (χ1) is 9.67. The van der Waals surface area contributed by atoms with Crippen LogP contribution in [0.5, 0.6) is 5.75 Å². The molecular weight excluding hydrogens is 411 g/mol. The van der Waals surface area contributed by atoms with Crippen LogP contribution in [0.2, 0.25) is 0 Å². The topological polar surface area (TPSA) is 40.5 Å². The van der Waals surface area contributed by atoms with E-state index in [1.54, 1.807) is 17.7 Å². The molecule has 0 amide bonds. The maximum atomic E-state index is 11.9. The molecule has 1 heterocycles. The van der Waals surface area contributed by atoms with Crippen LogP contribution in [0, 0.1) is 6.07 Å². The van der Waals surface area contributed by atoms with E-state index in [4.69, 9.17) is 9.47 Å². The molecule has 0 fully saturated rings. The quantitative estimate of drug-likeness (QED) is 0.546. The number of benzene rings is 1. The van der Waals surface area contributed by atoms with E-state index >= 15 is 0 Å². The molecule has 1 radical (unpaired) electrons. The van der Waals surface area contributed by atoms with Gasteiger partial charge in [0.05, 0.1) is 0 Å². The summed E-state index contributed by atoms with van der Waals surface area (Å²) < 4.78 is 12.8. The van der Waals surface area contributed by atoms with E-state index in [-0.39, 0.29) is 45.1 Å². The molecule has 2 rings (SSSR count). The van der Waals surface area contributed by atoms with Crippen LogP contribution < -0.4 is 10.3 Å². The van der Waals surface area contributed by atoms with Gasteiger partial charge in [0, 0.05) is 46.4 Å². The van der Waals surface area contributed by atoms with E-state index in [1.165, 1.54) is 6.07 Å². The predicted octanol–water partition coefficient (Wildman–Crippen LogP) is 3.08. The van der Waals surface area contributed by atoms with Crippen LogP contribution in [0.1, 0.15) is 6.92 Å². The van der Waals surface area contributed by atoms with Crippen molar-refractivity contribution in [2.24, 2.45) is 0 Å². The second-order valence-electron chi connectivity index (χ2n) is 4.10. The monoisotopic (exact) mass is 425 g/mol. The van der Waals surface area contributed by atoms with Crippen LogP contribution in [0.4, 0.5) is 0 Å². The van der Waals surface area contributed by atoms with Crippen molar-refractivity contribution in [1.82, 2.24) is 4.57 Å². The molecule has 0 saturated heterocycles. The minimum Gasteiger partial charge on any atom is -0.468 e. The number of aromatic nitrogens is 1. The Kier molecular flexibility index (Phi) is 7.81. The molecule has 0 saturated carbocycles. The van der Waals surface area contributed by atoms with Gasteiger partial charge in [0.2, 0.25) is 0 Å². The maximum absolute atomic E-state index is 11.9. The van der Waals surface area contributed by atoms with Crippen molar-refractivity contribution in [2.45, 2.75) is 13.5 Å². The summed E-state index contributed by atoms with van der Waals surface area (Å²) in [6.45, 7) is 2.73. The van der Waals surface area contributed by atoms with Crippen molar-refractivity contribution in [1.29, 1.82) is 0 Å². The Balaban J connectivity index is 0.00000220. The molecule has 1 aromatic carbocycles. The average Bonchev–Trinajstić information content (AvgIpc) is 2.45. The van der Waals surface area contributed by atoms with Crippen LogP contribution in [0.15, 0.2) is 39.6 Å². The number of pyridine rings is 1. The second kappa shape index (κ2) is 8.84. The molecule has 0 atom stereocenters. The summed E-state index contributed by atoms with van der Waals surface area (Å²) in [4.78, 5) is 11.9. The fraction of sp³-hybridized carbons (Fsp3) is 0.267. The summed E-state index contributed by atoms with van der Waals surface area (Å²) in [5.74, 6) is 0.698. The number of ether oxygens (including phenoxy) is 2. The van der Waals surface area contributed by atoms with E-state index in [1.807, 2.05) is 25.1 Å². The fourth-order valence-electron chi connectivity index (χ4n) is 1.91. The van der Waals surface area contributed by atoms with Crippen LogP contribution in [-0.2, 0) is 44.0 Å². The van der Waals surface area contributed by atoms with Gasteiger partial charge in [-0.1, -0.05) is 33.3 Å². The number of halogens is 1. The van der Waals surface area contributed by atoms with Crippen LogP contribution in [0.3, 0.4) is 0 Å².